The van der Waals surface area contributed by atoms with Crippen LogP contribution in [-0.2, 0) is 21.4 Å². The molecule has 4 heteroatoms. The Labute approximate surface area is 126 Å². The number of anilines is 1. The van der Waals surface area contributed by atoms with Gasteiger partial charge in [0.15, 0.2) is 0 Å². The van der Waals surface area contributed by atoms with Gasteiger partial charge in [0.1, 0.15) is 6.10 Å². The molecule has 0 unspecified atom stereocenters. The van der Waals surface area contributed by atoms with Crippen LogP contribution in [0.4, 0.5) is 5.69 Å². The molecule has 114 valence electrons. The quantitative estimate of drug-likeness (QED) is 0.857. The number of hydrogen-bond acceptors (Lipinski definition) is 3. The normalized spacial score (nSPS) is 22.2. The Kier molecular flexibility index (Phi) is 3.76. The fourth-order valence-electron chi connectivity index (χ4n) is 3.00. The lowest BCUT2D eigenvalue weighted by molar-refractivity contribution is -0.131. The van der Waals surface area contributed by atoms with Gasteiger partial charge in [-0.1, -0.05) is 32.9 Å². The largest absolute Gasteiger partial charge is 0.366 e. The summed E-state index contributed by atoms with van der Waals surface area (Å²) in [6.07, 6.45) is 0.595. The Morgan fingerprint density at radius 3 is 2.86 bits per heavy atom. The fraction of sp³-hybridized carbons (Fsp3) is 0.588. The number of benzene rings is 1. The zero-order valence-corrected chi connectivity index (χ0v) is 13.1. The summed E-state index contributed by atoms with van der Waals surface area (Å²) in [6.45, 7) is 9.47. The van der Waals surface area contributed by atoms with E-state index >= 15 is 0 Å². The van der Waals surface area contributed by atoms with Gasteiger partial charge in [-0.2, -0.15) is 0 Å². The first-order valence-electron chi connectivity index (χ1n) is 7.74. The monoisotopic (exact) mass is 288 g/mol. The predicted octanol–water partition coefficient (Wildman–Crippen LogP) is 1.86. The molecule has 4 nitrogen and oxygen atoms in total. The number of morpholine rings is 1. The van der Waals surface area contributed by atoms with Crippen LogP contribution in [0.2, 0.25) is 0 Å². The summed E-state index contributed by atoms with van der Waals surface area (Å²) in [4.78, 5) is 14.5. The molecule has 3 rings (SSSR count). The van der Waals surface area contributed by atoms with E-state index in [1.54, 1.807) is 0 Å². The summed E-state index contributed by atoms with van der Waals surface area (Å²) in [5, 5.41) is 3.22. The molecule has 1 saturated heterocycles. The topological polar surface area (TPSA) is 41.6 Å². The highest BCUT2D eigenvalue weighted by atomic mass is 16.5. The Morgan fingerprint density at radius 2 is 2.19 bits per heavy atom. The third kappa shape index (κ3) is 2.83. The summed E-state index contributed by atoms with van der Waals surface area (Å²) in [7, 11) is 0. The van der Waals surface area contributed by atoms with E-state index < -0.39 is 0 Å². The lowest BCUT2D eigenvalue weighted by Crippen LogP contribution is -2.49. The lowest BCUT2D eigenvalue weighted by Gasteiger charge is -2.28. The Hall–Kier alpha value is -1.39. The van der Waals surface area contributed by atoms with Crippen molar-refractivity contribution in [3.05, 3.63) is 29.3 Å². The molecule has 21 heavy (non-hydrogen) atoms. The summed E-state index contributed by atoms with van der Waals surface area (Å²) in [5.74, 6) is 0.0875. The van der Waals surface area contributed by atoms with E-state index in [-0.39, 0.29) is 17.4 Å². The Balaban J connectivity index is 1.82. The minimum atomic E-state index is -0.341. The molecule has 1 N–H and O–H groups in total. The second-order valence-corrected chi connectivity index (χ2v) is 6.90. The number of nitrogens with one attached hydrogen (secondary N) is 1. The van der Waals surface area contributed by atoms with Gasteiger partial charge < -0.3 is 15.0 Å². The van der Waals surface area contributed by atoms with E-state index in [2.05, 4.69) is 44.3 Å². The van der Waals surface area contributed by atoms with E-state index in [1.807, 2.05) is 4.90 Å². The molecule has 1 aromatic carbocycles. The van der Waals surface area contributed by atoms with Crippen LogP contribution in [0, 0.1) is 0 Å². The highest BCUT2D eigenvalue weighted by Crippen LogP contribution is 2.33. The van der Waals surface area contributed by atoms with Crippen molar-refractivity contribution in [2.75, 3.05) is 31.1 Å². The Bertz CT molecular complexity index is 542. The van der Waals surface area contributed by atoms with Gasteiger partial charge in [0, 0.05) is 25.3 Å². The van der Waals surface area contributed by atoms with Crippen LogP contribution in [-0.4, -0.2) is 38.3 Å². The van der Waals surface area contributed by atoms with Crippen molar-refractivity contribution in [1.82, 2.24) is 5.32 Å². The molecular weight excluding hydrogens is 264 g/mol. The molecule has 1 atom stereocenters. The Morgan fingerprint density at radius 1 is 1.38 bits per heavy atom. The van der Waals surface area contributed by atoms with Gasteiger partial charge in [0.25, 0.3) is 5.91 Å². The highest BCUT2D eigenvalue weighted by molar-refractivity contribution is 5.98. The molecule has 1 amide bonds. The molecule has 0 aromatic heterocycles. The second kappa shape index (κ2) is 5.43. The van der Waals surface area contributed by atoms with Crippen LogP contribution in [0.3, 0.4) is 0 Å². The highest BCUT2D eigenvalue weighted by Gasteiger charge is 2.32. The minimum Gasteiger partial charge on any atom is -0.366 e. The van der Waals surface area contributed by atoms with Crippen molar-refractivity contribution in [3.63, 3.8) is 0 Å². The average molecular weight is 288 g/mol. The first-order valence-corrected chi connectivity index (χ1v) is 7.74. The number of carbonyl (C=O) groups is 1. The number of fused-ring (bicyclic) bond motifs is 1. The van der Waals surface area contributed by atoms with Gasteiger partial charge in [-0.3, -0.25) is 4.79 Å². The van der Waals surface area contributed by atoms with Crippen LogP contribution in [0.15, 0.2) is 18.2 Å². The van der Waals surface area contributed by atoms with Crippen LogP contribution >= 0.6 is 0 Å². The molecule has 2 heterocycles. The van der Waals surface area contributed by atoms with Crippen molar-refractivity contribution in [1.29, 1.82) is 0 Å². The van der Waals surface area contributed by atoms with Crippen LogP contribution in [0.25, 0.3) is 0 Å². The van der Waals surface area contributed by atoms with E-state index in [0.29, 0.717) is 13.2 Å². The second-order valence-electron chi connectivity index (χ2n) is 6.90. The average Bonchev–Trinajstić information content (AvgIpc) is 2.89. The predicted molar refractivity (Wildman–Crippen MR) is 83.8 cm³/mol. The maximum Gasteiger partial charge on any atom is 0.257 e. The number of hydrogen-bond donors (Lipinski definition) is 1. The van der Waals surface area contributed by atoms with Crippen molar-refractivity contribution in [3.8, 4) is 0 Å². The summed E-state index contributed by atoms with van der Waals surface area (Å²) in [6, 6.07) is 6.49. The lowest BCUT2D eigenvalue weighted by atomic mass is 9.86. The van der Waals surface area contributed by atoms with Gasteiger partial charge in [-0.15, -0.1) is 0 Å². The van der Waals surface area contributed by atoms with Crippen molar-refractivity contribution in [2.24, 2.45) is 0 Å². The van der Waals surface area contributed by atoms with Crippen molar-refractivity contribution in [2.45, 2.75) is 38.7 Å². The van der Waals surface area contributed by atoms with E-state index in [1.165, 1.54) is 11.1 Å². The zero-order valence-electron chi connectivity index (χ0n) is 13.1. The van der Waals surface area contributed by atoms with E-state index in [0.717, 1.165) is 25.2 Å². The standard InChI is InChI=1S/C17H24N2O2/c1-17(2,3)13-4-5-14-12(10-13)6-8-19(14)16(20)15-11-18-7-9-21-15/h4-5,10,15,18H,6-9,11H2,1-3H3/t15-/m0/s1. The smallest absolute Gasteiger partial charge is 0.257 e. The third-order valence-electron chi connectivity index (χ3n) is 4.31. The van der Waals surface area contributed by atoms with Crippen molar-refractivity contribution >= 4 is 11.6 Å². The van der Waals surface area contributed by atoms with Gasteiger partial charge in [0.05, 0.1) is 6.61 Å². The van der Waals surface area contributed by atoms with E-state index in [4.69, 9.17) is 4.74 Å². The first-order chi connectivity index (χ1) is 9.97. The number of carbonyl (C=O) groups excluding carboxylic acids is 1. The molecule has 1 fully saturated rings. The maximum atomic E-state index is 12.6. The van der Waals surface area contributed by atoms with Gasteiger partial charge in [-0.05, 0) is 29.0 Å². The molecule has 1 aromatic rings. The molecule has 2 aliphatic rings. The summed E-state index contributed by atoms with van der Waals surface area (Å²) < 4.78 is 5.59. The fourth-order valence-corrected chi connectivity index (χ4v) is 3.00. The van der Waals surface area contributed by atoms with Crippen LogP contribution < -0.4 is 10.2 Å². The van der Waals surface area contributed by atoms with Crippen molar-refractivity contribution < 1.29 is 9.53 Å². The van der Waals surface area contributed by atoms with Crippen LogP contribution in [0.1, 0.15) is 31.9 Å². The number of nitrogens with zero attached hydrogens (tertiary/aromatic N) is 1. The molecule has 0 saturated carbocycles. The zero-order chi connectivity index (χ0) is 15.0. The van der Waals surface area contributed by atoms with Gasteiger partial charge in [-0.25, -0.2) is 0 Å². The first kappa shape index (κ1) is 14.5. The molecular formula is C17H24N2O2. The minimum absolute atomic E-state index is 0.0875. The number of rotatable bonds is 1. The van der Waals surface area contributed by atoms with Gasteiger partial charge in [0.2, 0.25) is 0 Å². The molecule has 0 aliphatic carbocycles. The third-order valence-corrected chi connectivity index (χ3v) is 4.31. The molecule has 0 bridgehead atoms. The molecule has 0 radical (unpaired) electrons. The SMILES string of the molecule is CC(C)(C)c1ccc2c(c1)CCN2C(=O)[C@@H]1CNCCO1. The maximum absolute atomic E-state index is 12.6. The number of ether oxygens (including phenoxy) is 1. The van der Waals surface area contributed by atoms with Crippen LogP contribution in [0.5, 0.6) is 0 Å². The molecule has 0 spiro atoms. The van der Waals surface area contributed by atoms with E-state index in [9.17, 15) is 4.79 Å². The van der Waals surface area contributed by atoms with Gasteiger partial charge >= 0.3 is 0 Å². The summed E-state index contributed by atoms with van der Waals surface area (Å²) >= 11 is 0. The summed E-state index contributed by atoms with van der Waals surface area (Å²) in [5.41, 5.74) is 3.80. The number of amides is 1. The molecule has 2 aliphatic heterocycles.